The molecule has 1 saturated carbocycles. The van der Waals surface area contributed by atoms with Crippen molar-refractivity contribution in [3.8, 4) is 0 Å². The van der Waals surface area contributed by atoms with Crippen LogP contribution in [0, 0.1) is 0 Å². The summed E-state index contributed by atoms with van der Waals surface area (Å²) in [6.45, 7) is 0. The van der Waals surface area contributed by atoms with Gasteiger partial charge >= 0.3 is 0 Å². The Labute approximate surface area is 72.0 Å². The summed E-state index contributed by atoms with van der Waals surface area (Å²) in [5, 5.41) is 7.35. The molecular formula is C8H14N4. The lowest BCUT2D eigenvalue weighted by atomic mass is 9.85. The summed E-state index contributed by atoms with van der Waals surface area (Å²) in [5.41, 5.74) is 0. The SMILES string of the molecule is CNc1nc(C2CCC2)nn1C. The zero-order valence-corrected chi connectivity index (χ0v) is 7.54. The molecule has 0 radical (unpaired) electrons. The number of rotatable bonds is 2. The van der Waals surface area contributed by atoms with E-state index in [9.17, 15) is 0 Å². The highest BCUT2D eigenvalue weighted by Gasteiger charge is 2.24. The van der Waals surface area contributed by atoms with Crippen LogP contribution >= 0.6 is 0 Å². The maximum Gasteiger partial charge on any atom is 0.220 e. The van der Waals surface area contributed by atoms with Gasteiger partial charge in [-0.3, -0.25) is 0 Å². The largest absolute Gasteiger partial charge is 0.358 e. The minimum atomic E-state index is 0.623. The van der Waals surface area contributed by atoms with Gasteiger partial charge in [0, 0.05) is 20.0 Å². The molecule has 1 aliphatic carbocycles. The average Bonchev–Trinajstić information content (AvgIpc) is 2.27. The number of anilines is 1. The Morgan fingerprint density at radius 1 is 1.50 bits per heavy atom. The minimum absolute atomic E-state index is 0.623. The van der Waals surface area contributed by atoms with Gasteiger partial charge in [0.2, 0.25) is 5.95 Å². The van der Waals surface area contributed by atoms with Gasteiger partial charge in [-0.15, -0.1) is 0 Å². The standard InChI is InChI=1S/C8H14N4/c1-9-8-10-7(11-12(8)2)6-4-3-5-6/h6H,3-5H2,1-2H3,(H,9,10,11). The fraction of sp³-hybridized carbons (Fsp3) is 0.750. The van der Waals surface area contributed by atoms with Gasteiger partial charge in [0.05, 0.1) is 0 Å². The summed E-state index contributed by atoms with van der Waals surface area (Å²) >= 11 is 0. The molecule has 0 saturated heterocycles. The van der Waals surface area contributed by atoms with Crippen LogP contribution in [0.3, 0.4) is 0 Å². The summed E-state index contributed by atoms with van der Waals surface area (Å²) in [7, 11) is 3.79. The molecule has 1 aromatic rings. The van der Waals surface area contributed by atoms with Crippen LogP contribution in [0.2, 0.25) is 0 Å². The van der Waals surface area contributed by atoms with E-state index in [1.165, 1.54) is 19.3 Å². The van der Waals surface area contributed by atoms with Crippen molar-refractivity contribution in [1.29, 1.82) is 0 Å². The van der Waals surface area contributed by atoms with E-state index in [0.717, 1.165) is 11.8 Å². The molecule has 4 heteroatoms. The molecule has 66 valence electrons. The number of hydrogen-bond acceptors (Lipinski definition) is 3. The third kappa shape index (κ3) is 1.07. The number of aryl methyl sites for hydroxylation is 1. The highest BCUT2D eigenvalue weighted by molar-refractivity contribution is 5.24. The molecule has 1 N–H and O–H groups in total. The van der Waals surface area contributed by atoms with Crippen molar-refractivity contribution in [1.82, 2.24) is 14.8 Å². The predicted octanol–water partition coefficient (Wildman–Crippen LogP) is 1.12. The van der Waals surface area contributed by atoms with Crippen molar-refractivity contribution in [3.05, 3.63) is 5.82 Å². The van der Waals surface area contributed by atoms with Gasteiger partial charge in [-0.1, -0.05) is 6.42 Å². The summed E-state index contributed by atoms with van der Waals surface area (Å²) in [6, 6.07) is 0. The van der Waals surface area contributed by atoms with E-state index in [0.29, 0.717) is 5.92 Å². The maximum absolute atomic E-state index is 4.39. The van der Waals surface area contributed by atoms with Crippen molar-refractivity contribution in [2.24, 2.45) is 7.05 Å². The molecule has 2 rings (SSSR count). The van der Waals surface area contributed by atoms with E-state index in [1.807, 2.05) is 14.1 Å². The molecule has 0 unspecified atom stereocenters. The fourth-order valence-corrected chi connectivity index (χ4v) is 1.46. The molecule has 0 aliphatic heterocycles. The van der Waals surface area contributed by atoms with Crippen LogP contribution in [0.4, 0.5) is 5.95 Å². The van der Waals surface area contributed by atoms with Gasteiger partial charge in [-0.25, -0.2) is 4.68 Å². The molecule has 12 heavy (non-hydrogen) atoms. The Morgan fingerprint density at radius 3 is 2.67 bits per heavy atom. The number of hydrogen-bond donors (Lipinski definition) is 1. The molecule has 4 nitrogen and oxygen atoms in total. The Morgan fingerprint density at radius 2 is 2.25 bits per heavy atom. The first-order valence-electron chi connectivity index (χ1n) is 4.40. The van der Waals surface area contributed by atoms with Crippen LogP contribution in [0.5, 0.6) is 0 Å². The number of nitrogens with zero attached hydrogens (tertiary/aromatic N) is 3. The molecule has 0 spiro atoms. The molecule has 0 bridgehead atoms. The Hall–Kier alpha value is -1.06. The topological polar surface area (TPSA) is 42.7 Å². The van der Waals surface area contributed by atoms with Crippen molar-refractivity contribution in [2.75, 3.05) is 12.4 Å². The second-order valence-corrected chi connectivity index (χ2v) is 3.30. The maximum atomic E-state index is 4.39. The van der Waals surface area contributed by atoms with E-state index in [-0.39, 0.29) is 0 Å². The molecule has 1 heterocycles. The first-order chi connectivity index (χ1) is 5.81. The van der Waals surface area contributed by atoms with E-state index >= 15 is 0 Å². The van der Waals surface area contributed by atoms with E-state index in [1.54, 1.807) is 4.68 Å². The van der Waals surface area contributed by atoms with Gasteiger partial charge in [0.15, 0.2) is 5.82 Å². The quantitative estimate of drug-likeness (QED) is 0.716. The molecule has 0 aromatic carbocycles. The van der Waals surface area contributed by atoms with Gasteiger partial charge < -0.3 is 5.32 Å². The summed E-state index contributed by atoms with van der Waals surface area (Å²) in [6.07, 6.45) is 3.85. The summed E-state index contributed by atoms with van der Waals surface area (Å²) < 4.78 is 1.80. The first kappa shape index (κ1) is 7.58. The van der Waals surface area contributed by atoms with Crippen LogP contribution in [-0.2, 0) is 7.05 Å². The Balaban J connectivity index is 2.21. The van der Waals surface area contributed by atoms with E-state index < -0.39 is 0 Å². The monoisotopic (exact) mass is 166 g/mol. The smallest absolute Gasteiger partial charge is 0.220 e. The first-order valence-corrected chi connectivity index (χ1v) is 4.40. The number of aromatic nitrogens is 3. The van der Waals surface area contributed by atoms with Crippen LogP contribution in [0.1, 0.15) is 31.0 Å². The molecule has 0 amide bonds. The third-order valence-electron chi connectivity index (χ3n) is 2.47. The van der Waals surface area contributed by atoms with Crippen molar-refractivity contribution >= 4 is 5.95 Å². The van der Waals surface area contributed by atoms with Gasteiger partial charge in [0.1, 0.15) is 0 Å². The van der Waals surface area contributed by atoms with Gasteiger partial charge in [-0.05, 0) is 12.8 Å². The predicted molar refractivity (Wildman–Crippen MR) is 47.1 cm³/mol. The lowest BCUT2D eigenvalue weighted by molar-refractivity contribution is 0.400. The second-order valence-electron chi connectivity index (χ2n) is 3.30. The molecule has 1 aromatic heterocycles. The van der Waals surface area contributed by atoms with Gasteiger partial charge in [-0.2, -0.15) is 10.1 Å². The fourth-order valence-electron chi connectivity index (χ4n) is 1.46. The molecular weight excluding hydrogens is 152 g/mol. The van der Waals surface area contributed by atoms with E-state index in [4.69, 9.17) is 0 Å². The highest BCUT2D eigenvalue weighted by Crippen LogP contribution is 2.34. The number of nitrogens with one attached hydrogen (secondary N) is 1. The van der Waals surface area contributed by atoms with Crippen LogP contribution in [0.15, 0.2) is 0 Å². The van der Waals surface area contributed by atoms with E-state index in [2.05, 4.69) is 15.4 Å². The molecule has 1 aliphatic rings. The zero-order valence-electron chi connectivity index (χ0n) is 7.54. The van der Waals surface area contributed by atoms with Crippen molar-refractivity contribution < 1.29 is 0 Å². The average molecular weight is 166 g/mol. The summed E-state index contributed by atoms with van der Waals surface area (Å²) in [4.78, 5) is 4.39. The third-order valence-corrected chi connectivity index (χ3v) is 2.47. The molecule has 1 fully saturated rings. The summed E-state index contributed by atoms with van der Waals surface area (Å²) in [5.74, 6) is 2.49. The van der Waals surface area contributed by atoms with Crippen LogP contribution in [-0.4, -0.2) is 21.8 Å². The van der Waals surface area contributed by atoms with Crippen molar-refractivity contribution in [2.45, 2.75) is 25.2 Å². The van der Waals surface area contributed by atoms with Crippen LogP contribution < -0.4 is 5.32 Å². The lowest BCUT2D eigenvalue weighted by Gasteiger charge is -2.21. The van der Waals surface area contributed by atoms with Crippen LogP contribution in [0.25, 0.3) is 0 Å². The van der Waals surface area contributed by atoms with Crippen molar-refractivity contribution in [3.63, 3.8) is 0 Å². The highest BCUT2D eigenvalue weighted by atomic mass is 15.4. The lowest BCUT2D eigenvalue weighted by Crippen LogP contribution is -2.10. The minimum Gasteiger partial charge on any atom is -0.358 e. The second kappa shape index (κ2) is 2.77. The van der Waals surface area contributed by atoms with Gasteiger partial charge in [0.25, 0.3) is 0 Å². The normalized spacial score (nSPS) is 17.5. The Bertz CT molecular complexity index is 275. The molecule has 0 atom stereocenters. The Kier molecular flexibility index (Phi) is 1.75. The zero-order chi connectivity index (χ0) is 8.55.